The SMILES string of the molecule is Cc1nc2cc([C@H]3CCCN3C[C@H]3CC=CCC3)nn2c(C)c1CCC(=O)NCC(F)F. The van der Waals surface area contributed by atoms with E-state index in [0.717, 1.165) is 53.7 Å². The van der Waals surface area contributed by atoms with Gasteiger partial charge in [0.15, 0.2) is 5.65 Å². The molecular weight excluding hydrogens is 412 g/mol. The molecule has 3 heterocycles. The van der Waals surface area contributed by atoms with Crippen molar-refractivity contribution < 1.29 is 13.6 Å². The van der Waals surface area contributed by atoms with Crippen LogP contribution in [0.1, 0.15) is 67.2 Å². The molecule has 0 spiro atoms. The van der Waals surface area contributed by atoms with Gasteiger partial charge >= 0.3 is 0 Å². The maximum absolute atomic E-state index is 12.3. The molecule has 32 heavy (non-hydrogen) atoms. The van der Waals surface area contributed by atoms with Gasteiger partial charge in [0, 0.05) is 30.4 Å². The van der Waals surface area contributed by atoms with Crippen molar-refractivity contribution in [1.82, 2.24) is 24.8 Å². The lowest BCUT2D eigenvalue weighted by Crippen LogP contribution is -2.30. The number of aromatic nitrogens is 3. The van der Waals surface area contributed by atoms with E-state index in [2.05, 4.69) is 28.4 Å². The third-order valence-corrected chi connectivity index (χ3v) is 6.81. The van der Waals surface area contributed by atoms with Crippen LogP contribution < -0.4 is 5.32 Å². The van der Waals surface area contributed by atoms with E-state index in [1.807, 2.05) is 18.4 Å². The Morgan fingerprint density at radius 2 is 2.12 bits per heavy atom. The predicted octanol–water partition coefficient (Wildman–Crippen LogP) is 4.15. The zero-order valence-electron chi connectivity index (χ0n) is 19.0. The van der Waals surface area contributed by atoms with E-state index in [4.69, 9.17) is 10.1 Å². The number of nitrogens with zero attached hydrogens (tertiary/aromatic N) is 4. The van der Waals surface area contributed by atoms with Crippen LogP contribution in [0.2, 0.25) is 0 Å². The predicted molar refractivity (Wildman–Crippen MR) is 120 cm³/mol. The Labute approximate surface area is 188 Å². The molecule has 0 aromatic carbocycles. The highest BCUT2D eigenvalue weighted by Crippen LogP contribution is 2.34. The monoisotopic (exact) mass is 445 g/mol. The molecule has 2 aromatic rings. The molecule has 1 amide bonds. The minimum Gasteiger partial charge on any atom is -0.350 e. The van der Waals surface area contributed by atoms with Crippen molar-refractivity contribution >= 4 is 11.6 Å². The van der Waals surface area contributed by atoms with Crippen molar-refractivity contribution in [2.75, 3.05) is 19.6 Å². The zero-order chi connectivity index (χ0) is 22.7. The van der Waals surface area contributed by atoms with E-state index in [9.17, 15) is 13.6 Å². The van der Waals surface area contributed by atoms with Crippen LogP contribution in [-0.2, 0) is 11.2 Å². The Balaban J connectivity index is 1.49. The average molecular weight is 446 g/mol. The Morgan fingerprint density at radius 1 is 1.28 bits per heavy atom. The molecule has 0 saturated carbocycles. The lowest BCUT2D eigenvalue weighted by molar-refractivity contribution is -0.121. The van der Waals surface area contributed by atoms with Gasteiger partial charge in [-0.2, -0.15) is 5.10 Å². The molecule has 1 fully saturated rings. The molecule has 0 bridgehead atoms. The molecule has 6 nitrogen and oxygen atoms in total. The number of likely N-dealkylation sites (tertiary alicyclic amines) is 1. The quantitative estimate of drug-likeness (QED) is 0.620. The number of amides is 1. The summed E-state index contributed by atoms with van der Waals surface area (Å²) in [6, 6.07) is 2.42. The second-order valence-electron chi connectivity index (χ2n) is 9.10. The number of aryl methyl sites for hydroxylation is 2. The van der Waals surface area contributed by atoms with Crippen LogP contribution in [0, 0.1) is 19.8 Å². The average Bonchev–Trinajstić information content (AvgIpc) is 3.39. The number of hydrogen-bond acceptors (Lipinski definition) is 4. The summed E-state index contributed by atoms with van der Waals surface area (Å²) in [6.07, 6.45) is 8.59. The Bertz CT molecular complexity index is 986. The Hall–Kier alpha value is -2.35. The minimum absolute atomic E-state index is 0.155. The molecule has 0 radical (unpaired) electrons. The Kier molecular flexibility index (Phi) is 7.18. The van der Waals surface area contributed by atoms with Crippen LogP contribution >= 0.6 is 0 Å². The summed E-state index contributed by atoms with van der Waals surface area (Å²) in [5, 5.41) is 7.19. The maximum Gasteiger partial charge on any atom is 0.255 e. The smallest absolute Gasteiger partial charge is 0.255 e. The van der Waals surface area contributed by atoms with Gasteiger partial charge in [-0.15, -0.1) is 0 Å². The van der Waals surface area contributed by atoms with E-state index in [-0.39, 0.29) is 12.3 Å². The first-order chi connectivity index (χ1) is 15.4. The third kappa shape index (κ3) is 5.17. The van der Waals surface area contributed by atoms with Gasteiger partial charge in [-0.25, -0.2) is 18.3 Å². The first-order valence-corrected chi connectivity index (χ1v) is 11.7. The van der Waals surface area contributed by atoms with Gasteiger partial charge in [0.25, 0.3) is 6.43 Å². The summed E-state index contributed by atoms with van der Waals surface area (Å²) in [5.74, 6) is 0.354. The molecule has 1 N–H and O–H groups in total. The van der Waals surface area contributed by atoms with Crippen LogP contribution in [0.25, 0.3) is 5.65 Å². The summed E-state index contributed by atoms with van der Waals surface area (Å²) in [5.41, 5.74) is 4.67. The first-order valence-electron chi connectivity index (χ1n) is 11.7. The number of fused-ring (bicyclic) bond motifs is 1. The highest BCUT2D eigenvalue weighted by atomic mass is 19.3. The molecular formula is C24H33F2N5O. The summed E-state index contributed by atoms with van der Waals surface area (Å²) in [7, 11) is 0. The summed E-state index contributed by atoms with van der Waals surface area (Å²) >= 11 is 0. The van der Waals surface area contributed by atoms with Crippen LogP contribution in [0.15, 0.2) is 18.2 Å². The fourth-order valence-corrected chi connectivity index (χ4v) is 5.12. The topological polar surface area (TPSA) is 62.5 Å². The molecule has 174 valence electrons. The molecule has 2 aromatic heterocycles. The van der Waals surface area contributed by atoms with Crippen LogP contribution in [0.3, 0.4) is 0 Å². The maximum atomic E-state index is 12.3. The van der Waals surface area contributed by atoms with E-state index < -0.39 is 13.0 Å². The van der Waals surface area contributed by atoms with Gasteiger partial charge in [-0.3, -0.25) is 9.69 Å². The van der Waals surface area contributed by atoms with Gasteiger partial charge in [-0.05, 0) is 70.4 Å². The number of rotatable bonds is 8. The third-order valence-electron chi connectivity index (χ3n) is 6.81. The van der Waals surface area contributed by atoms with Gasteiger partial charge in [0.05, 0.1) is 18.3 Å². The number of allylic oxidation sites excluding steroid dienone is 2. The van der Waals surface area contributed by atoms with Crippen molar-refractivity contribution in [2.45, 2.75) is 71.3 Å². The van der Waals surface area contributed by atoms with Crippen molar-refractivity contribution in [2.24, 2.45) is 5.92 Å². The molecule has 2 atom stereocenters. The van der Waals surface area contributed by atoms with Crippen LogP contribution in [0.5, 0.6) is 0 Å². The van der Waals surface area contributed by atoms with Gasteiger partial charge in [0.1, 0.15) is 0 Å². The van der Waals surface area contributed by atoms with Gasteiger partial charge < -0.3 is 5.32 Å². The van der Waals surface area contributed by atoms with Crippen molar-refractivity contribution in [3.8, 4) is 0 Å². The van der Waals surface area contributed by atoms with Crippen molar-refractivity contribution in [3.05, 3.63) is 40.9 Å². The van der Waals surface area contributed by atoms with E-state index in [0.29, 0.717) is 12.5 Å². The highest BCUT2D eigenvalue weighted by molar-refractivity contribution is 5.76. The molecule has 1 saturated heterocycles. The van der Waals surface area contributed by atoms with Crippen molar-refractivity contribution in [1.29, 1.82) is 0 Å². The zero-order valence-corrected chi connectivity index (χ0v) is 19.0. The number of nitrogens with one attached hydrogen (secondary N) is 1. The Morgan fingerprint density at radius 3 is 2.88 bits per heavy atom. The molecule has 4 rings (SSSR count). The molecule has 1 aliphatic heterocycles. The molecule has 2 aliphatic rings. The number of hydrogen-bond donors (Lipinski definition) is 1. The van der Waals surface area contributed by atoms with Crippen molar-refractivity contribution in [3.63, 3.8) is 0 Å². The number of carbonyl (C=O) groups is 1. The van der Waals surface area contributed by atoms with E-state index in [1.165, 1.54) is 25.7 Å². The molecule has 0 unspecified atom stereocenters. The normalized spacial score (nSPS) is 21.7. The number of carbonyl (C=O) groups excluding carboxylic acids is 1. The fraction of sp³-hybridized carbons (Fsp3) is 0.625. The van der Waals surface area contributed by atoms with Crippen LogP contribution in [-0.4, -0.2) is 51.5 Å². The number of alkyl halides is 2. The molecule has 1 aliphatic carbocycles. The fourth-order valence-electron chi connectivity index (χ4n) is 5.12. The summed E-state index contributed by atoms with van der Waals surface area (Å²) in [4.78, 5) is 19.2. The summed E-state index contributed by atoms with van der Waals surface area (Å²) < 4.78 is 26.5. The summed E-state index contributed by atoms with van der Waals surface area (Å²) in [6.45, 7) is 5.55. The standard InChI is InChI=1S/C24H33F2N5O/c1-16-19(10-11-24(32)27-14-22(25)26)17(2)31-23(28-16)13-20(29-31)21-9-6-12-30(21)15-18-7-4-3-5-8-18/h3-4,13,18,21-22H,5-12,14-15H2,1-2H3,(H,27,32)/t18-,21+/m0/s1. The van der Waals surface area contributed by atoms with E-state index >= 15 is 0 Å². The first kappa shape index (κ1) is 22.8. The highest BCUT2D eigenvalue weighted by Gasteiger charge is 2.30. The lowest BCUT2D eigenvalue weighted by Gasteiger charge is -2.28. The molecule has 8 heteroatoms. The van der Waals surface area contributed by atoms with Gasteiger partial charge in [-0.1, -0.05) is 12.2 Å². The second-order valence-corrected chi connectivity index (χ2v) is 9.10. The van der Waals surface area contributed by atoms with Gasteiger partial charge in [0.2, 0.25) is 5.91 Å². The van der Waals surface area contributed by atoms with Crippen LogP contribution in [0.4, 0.5) is 8.78 Å². The minimum atomic E-state index is -2.53. The second kappa shape index (κ2) is 10.1. The van der Waals surface area contributed by atoms with E-state index in [1.54, 1.807) is 0 Å². The number of halogens is 2. The lowest BCUT2D eigenvalue weighted by atomic mass is 9.93. The largest absolute Gasteiger partial charge is 0.350 e.